The van der Waals surface area contributed by atoms with Gasteiger partial charge in [-0.15, -0.1) is 0 Å². The molecule has 2 aromatic rings. The van der Waals surface area contributed by atoms with Crippen LogP contribution < -0.4 is 10.1 Å². The lowest BCUT2D eigenvalue weighted by molar-refractivity contribution is -0.134. The van der Waals surface area contributed by atoms with Gasteiger partial charge >= 0.3 is 0 Å². The summed E-state index contributed by atoms with van der Waals surface area (Å²) in [5, 5.41) is 3.03. The van der Waals surface area contributed by atoms with E-state index in [0.717, 1.165) is 12.8 Å². The topological polar surface area (TPSA) is 75.7 Å². The summed E-state index contributed by atoms with van der Waals surface area (Å²) < 4.78 is 5.53. The Morgan fingerprint density at radius 1 is 0.964 bits per heavy atom. The van der Waals surface area contributed by atoms with Gasteiger partial charge in [-0.25, -0.2) is 0 Å². The highest BCUT2D eigenvalue weighted by atomic mass is 16.5. The molecule has 0 radical (unpaired) electrons. The fraction of sp³-hybridized carbons (Fsp3) is 0.318. The van der Waals surface area contributed by atoms with E-state index in [4.69, 9.17) is 4.74 Å². The van der Waals surface area contributed by atoms with Gasteiger partial charge < -0.3 is 15.0 Å². The van der Waals surface area contributed by atoms with Crippen molar-refractivity contribution < 1.29 is 19.1 Å². The number of hydrogen-bond acceptors (Lipinski definition) is 4. The predicted molar refractivity (Wildman–Crippen MR) is 105 cm³/mol. The first-order valence-corrected chi connectivity index (χ1v) is 9.40. The fourth-order valence-corrected chi connectivity index (χ4v) is 3.15. The quantitative estimate of drug-likeness (QED) is 0.782. The van der Waals surface area contributed by atoms with Gasteiger partial charge in [0, 0.05) is 30.3 Å². The summed E-state index contributed by atoms with van der Waals surface area (Å²) in [6, 6.07) is 15.9. The zero-order valence-electron chi connectivity index (χ0n) is 15.9. The molecule has 1 aliphatic heterocycles. The molecule has 0 aromatic heterocycles. The van der Waals surface area contributed by atoms with E-state index in [0.29, 0.717) is 30.0 Å². The van der Waals surface area contributed by atoms with Crippen molar-refractivity contribution in [2.75, 3.05) is 19.7 Å². The molecule has 2 amide bonds. The molecular weight excluding hydrogens is 356 g/mol. The van der Waals surface area contributed by atoms with Gasteiger partial charge in [0.2, 0.25) is 0 Å². The van der Waals surface area contributed by atoms with Gasteiger partial charge in [0.25, 0.3) is 11.8 Å². The molecule has 6 heteroatoms. The summed E-state index contributed by atoms with van der Waals surface area (Å²) in [6.07, 6.45) is 1.44. The standard InChI is InChI=1S/C22H24N2O4/c1-16(25)17-7-9-20(10-8-17)28-15-21(26)24-13-11-19(12-14-24)23-22(27)18-5-3-2-4-6-18/h2-10,19H,11-15H2,1H3,(H,23,27). The first-order valence-electron chi connectivity index (χ1n) is 9.40. The van der Waals surface area contributed by atoms with Crippen LogP contribution in [0.3, 0.4) is 0 Å². The Hall–Kier alpha value is -3.15. The molecule has 0 unspecified atom stereocenters. The molecule has 2 aromatic carbocycles. The van der Waals surface area contributed by atoms with Crippen LogP contribution in [0.2, 0.25) is 0 Å². The van der Waals surface area contributed by atoms with Crippen molar-refractivity contribution in [1.29, 1.82) is 0 Å². The van der Waals surface area contributed by atoms with Crippen molar-refractivity contribution in [3.63, 3.8) is 0 Å². The third kappa shape index (κ3) is 5.19. The van der Waals surface area contributed by atoms with E-state index in [2.05, 4.69) is 5.32 Å². The minimum absolute atomic E-state index is 0.00940. The van der Waals surface area contributed by atoms with Gasteiger partial charge in [-0.3, -0.25) is 14.4 Å². The maximum atomic E-state index is 12.4. The Morgan fingerprint density at radius 3 is 2.21 bits per heavy atom. The highest BCUT2D eigenvalue weighted by molar-refractivity contribution is 5.94. The number of hydrogen-bond donors (Lipinski definition) is 1. The molecule has 0 atom stereocenters. The molecule has 3 rings (SSSR count). The molecule has 0 spiro atoms. The number of benzene rings is 2. The minimum atomic E-state index is -0.0808. The van der Waals surface area contributed by atoms with Crippen molar-refractivity contribution in [1.82, 2.24) is 10.2 Å². The Balaban J connectivity index is 1.42. The van der Waals surface area contributed by atoms with Crippen LogP contribution in [-0.2, 0) is 4.79 Å². The summed E-state index contributed by atoms with van der Waals surface area (Å²) in [7, 11) is 0. The van der Waals surface area contributed by atoms with Gasteiger partial charge in [0.1, 0.15) is 5.75 Å². The first-order chi connectivity index (χ1) is 13.5. The largest absolute Gasteiger partial charge is 0.484 e. The Morgan fingerprint density at radius 2 is 1.61 bits per heavy atom. The normalized spacial score (nSPS) is 14.4. The third-order valence-electron chi connectivity index (χ3n) is 4.84. The Labute approximate surface area is 164 Å². The number of piperidine rings is 1. The number of ether oxygens (including phenoxy) is 1. The highest BCUT2D eigenvalue weighted by Crippen LogP contribution is 2.15. The van der Waals surface area contributed by atoms with Crippen LogP contribution >= 0.6 is 0 Å². The molecule has 28 heavy (non-hydrogen) atoms. The second kappa shape index (κ2) is 9.17. The zero-order valence-corrected chi connectivity index (χ0v) is 15.9. The molecule has 1 heterocycles. The van der Waals surface area contributed by atoms with Gasteiger partial charge in [0.15, 0.2) is 12.4 Å². The molecular formula is C22H24N2O4. The SMILES string of the molecule is CC(=O)c1ccc(OCC(=O)N2CCC(NC(=O)c3ccccc3)CC2)cc1. The van der Waals surface area contributed by atoms with Crippen LogP contribution in [0, 0.1) is 0 Å². The lowest BCUT2D eigenvalue weighted by Crippen LogP contribution is -2.47. The molecule has 0 aliphatic carbocycles. The average molecular weight is 380 g/mol. The first kappa shape index (κ1) is 19.6. The Kier molecular flexibility index (Phi) is 6.42. The molecule has 0 bridgehead atoms. The van der Waals surface area contributed by atoms with E-state index in [1.807, 2.05) is 18.2 Å². The van der Waals surface area contributed by atoms with Gasteiger partial charge in [-0.2, -0.15) is 0 Å². The highest BCUT2D eigenvalue weighted by Gasteiger charge is 2.24. The number of amides is 2. The second-order valence-electron chi connectivity index (χ2n) is 6.86. The number of carbonyl (C=O) groups is 3. The second-order valence-corrected chi connectivity index (χ2v) is 6.86. The van der Waals surface area contributed by atoms with Crippen LogP contribution in [0.5, 0.6) is 5.75 Å². The maximum absolute atomic E-state index is 12.4. The van der Waals surface area contributed by atoms with Crippen LogP contribution in [-0.4, -0.2) is 48.2 Å². The molecule has 1 saturated heterocycles. The van der Waals surface area contributed by atoms with Crippen molar-refractivity contribution >= 4 is 17.6 Å². The number of likely N-dealkylation sites (tertiary alicyclic amines) is 1. The number of rotatable bonds is 6. The van der Waals surface area contributed by atoms with E-state index in [1.54, 1.807) is 41.3 Å². The molecule has 1 N–H and O–H groups in total. The number of carbonyl (C=O) groups excluding carboxylic acids is 3. The maximum Gasteiger partial charge on any atom is 0.260 e. The van der Waals surface area contributed by atoms with Gasteiger partial charge in [-0.1, -0.05) is 18.2 Å². The zero-order chi connectivity index (χ0) is 19.9. The van der Waals surface area contributed by atoms with Crippen molar-refractivity contribution in [3.05, 3.63) is 65.7 Å². The van der Waals surface area contributed by atoms with E-state index in [1.165, 1.54) is 6.92 Å². The summed E-state index contributed by atoms with van der Waals surface area (Å²) in [5.74, 6) is 0.388. The predicted octanol–water partition coefficient (Wildman–Crippen LogP) is 2.69. The molecule has 146 valence electrons. The number of ketones is 1. The number of Topliss-reactive ketones (excluding diaryl/α,β-unsaturated/α-hetero) is 1. The van der Waals surface area contributed by atoms with Gasteiger partial charge in [-0.05, 0) is 56.2 Å². The number of nitrogens with zero attached hydrogens (tertiary/aromatic N) is 1. The van der Waals surface area contributed by atoms with Crippen LogP contribution in [0.4, 0.5) is 0 Å². The van der Waals surface area contributed by atoms with Crippen molar-refractivity contribution in [3.8, 4) is 5.75 Å². The van der Waals surface area contributed by atoms with Crippen LogP contribution in [0.25, 0.3) is 0 Å². The lowest BCUT2D eigenvalue weighted by atomic mass is 10.0. The molecule has 1 fully saturated rings. The third-order valence-corrected chi connectivity index (χ3v) is 4.84. The Bertz CT molecular complexity index is 825. The fourth-order valence-electron chi connectivity index (χ4n) is 3.15. The summed E-state index contributed by atoms with van der Waals surface area (Å²) in [4.78, 5) is 37.6. The smallest absolute Gasteiger partial charge is 0.260 e. The monoisotopic (exact) mass is 380 g/mol. The van der Waals surface area contributed by atoms with E-state index in [-0.39, 0.29) is 30.2 Å². The molecule has 6 nitrogen and oxygen atoms in total. The van der Waals surface area contributed by atoms with E-state index >= 15 is 0 Å². The molecule has 1 aliphatic rings. The van der Waals surface area contributed by atoms with Crippen molar-refractivity contribution in [2.24, 2.45) is 0 Å². The lowest BCUT2D eigenvalue weighted by Gasteiger charge is -2.32. The van der Waals surface area contributed by atoms with Crippen molar-refractivity contribution in [2.45, 2.75) is 25.8 Å². The van der Waals surface area contributed by atoms with E-state index in [9.17, 15) is 14.4 Å². The number of nitrogens with one attached hydrogen (secondary N) is 1. The van der Waals surface area contributed by atoms with Crippen LogP contribution in [0.1, 0.15) is 40.5 Å². The summed E-state index contributed by atoms with van der Waals surface area (Å²) >= 11 is 0. The summed E-state index contributed by atoms with van der Waals surface area (Å²) in [5.41, 5.74) is 1.25. The molecule has 0 saturated carbocycles. The van der Waals surface area contributed by atoms with Gasteiger partial charge in [0.05, 0.1) is 0 Å². The average Bonchev–Trinajstić information content (AvgIpc) is 2.73. The summed E-state index contributed by atoms with van der Waals surface area (Å²) in [6.45, 7) is 2.64. The van der Waals surface area contributed by atoms with Crippen LogP contribution in [0.15, 0.2) is 54.6 Å². The van der Waals surface area contributed by atoms with E-state index < -0.39 is 0 Å². The minimum Gasteiger partial charge on any atom is -0.484 e.